The van der Waals surface area contributed by atoms with Gasteiger partial charge in [0.05, 0.1) is 10.5 Å². The Bertz CT molecular complexity index is 738. The quantitative estimate of drug-likeness (QED) is 0.679. The highest BCUT2D eigenvalue weighted by Gasteiger charge is 2.23. The Morgan fingerprint density at radius 3 is 2.78 bits per heavy atom. The van der Waals surface area contributed by atoms with Crippen molar-refractivity contribution in [1.29, 1.82) is 5.26 Å². The van der Waals surface area contributed by atoms with E-state index in [1.54, 1.807) is 18.3 Å². The molecule has 1 fully saturated rings. The van der Waals surface area contributed by atoms with Crippen molar-refractivity contribution in [2.75, 3.05) is 23.3 Å². The lowest BCUT2D eigenvalue weighted by Crippen LogP contribution is -2.26. The van der Waals surface area contributed by atoms with Crippen LogP contribution in [0.1, 0.15) is 12.0 Å². The number of rotatable bonds is 4. The average Bonchev–Trinajstić information content (AvgIpc) is 3.04. The standard InChI is InChI=1S/C15H14N6O2/c16-7-11-1-4-15(18-8-11)20-6-5-12(10-20)19-14-3-2-13(9-17-14)21(22)23/h1-4,8-9,12H,5-6,10H2,(H,17,19)/t12-/m0/s1. The molecule has 3 rings (SSSR count). The number of anilines is 2. The predicted octanol–water partition coefficient (Wildman–Crippen LogP) is 1.95. The van der Waals surface area contributed by atoms with Gasteiger partial charge >= 0.3 is 0 Å². The highest BCUT2D eigenvalue weighted by Crippen LogP contribution is 2.21. The minimum Gasteiger partial charge on any atom is -0.365 e. The van der Waals surface area contributed by atoms with Crippen LogP contribution in [-0.2, 0) is 0 Å². The molecule has 0 saturated carbocycles. The van der Waals surface area contributed by atoms with Gasteiger partial charge < -0.3 is 10.2 Å². The Hall–Kier alpha value is -3.21. The number of aromatic nitrogens is 2. The fraction of sp³-hybridized carbons (Fsp3) is 0.267. The van der Waals surface area contributed by atoms with E-state index in [0.29, 0.717) is 11.4 Å². The van der Waals surface area contributed by atoms with Crippen LogP contribution in [0.2, 0.25) is 0 Å². The smallest absolute Gasteiger partial charge is 0.287 e. The summed E-state index contributed by atoms with van der Waals surface area (Å²) < 4.78 is 0. The van der Waals surface area contributed by atoms with Gasteiger partial charge in [-0.15, -0.1) is 0 Å². The zero-order chi connectivity index (χ0) is 16.2. The third-order valence-corrected chi connectivity index (χ3v) is 3.70. The van der Waals surface area contributed by atoms with E-state index in [4.69, 9.17) is 5.26 Å². The number of nitrogens with zero attached hydrogens (tertiary/aromatic N) is 5. The van der Waals surface area contributed by atoms with Crippen LogP contribution in [0.4, 0.5) is 17.3 Å². The van der Waals surface area contributed by atoms with E-state index < -0.39 is 4.92 Å². The van der Waals surface area contributed by atoms with E-state index in [2.05, 4.69) is 20.2 Å². The van der Waals surface area contributed by atoms with Crippen molar-refractivity contribution in [3.63, 3.8) is 0 Å². The summed E-state index contributed by atoms with van der Waals surface area (Å²) in [5.41, 5.74) is 0.517. The molecule has 3 heterocycles. The summed E-state index contributed by atoms with van der Waals surface area (Å²) in [4.78, 5) is 20.6. The number of nitrogens with one attached hydrogen (secondary N) is 1. The van der Waals surface area contributed by atoms with Gasteiger partial charge in [-0.1, -0.05) is 0 Å². The molecule has 116 valence electrons. The highest BCUT2D eigenvalue weighted by molar-refractivity contribution is 5.46. The van der Waals surface area contributed by atoms with Crippen LogP contribution in [0.25, 0.3) is 0 Å². The largest absolute Gasteiger partial charge is 0.365 e. The normalized spacial score (nSPS) is 16.8. The Kier molecular flexibility index (Phi) is 4.01. The molecule has 1 N–H and O–H groups in total. The summed E-state index contributed by atoms with van der Waals surface area (Å²) in [7, 11) is 0. The number of nitriles is 1. The second kappa shape index (κ2) is 6.27. The lowest BCUT2D eigenvalue weighted by molar-refractivity contribution is -0.385. The number of hydrogen-bond donors (Lipinski definition) is 1. The van der Waals surface area contributed by atoms with Crippen molar-refractivity contribution in [3.8, 4) is 6.07 Å². The molecule has 0 radical (unpaired) electrons. The minimum absolute atomic E-state index is 0.0228. The number of nitro groups is 1. The number of hydrogen-bond acceptors (Lipinski definition) is 7. The maximum atomic E-state index is 10.6. The molecule has 1 aliphatic heterocycles. The molecule has 1 atom stereocenters. The van der Waals surface area contributed by atoms with Crippen LogP contribution in [0, 0.1) is 21.4 Å². The van der Waals surface area contributed by atoms with Crippen LogP contribution in [0.3, 0.4) is 0 Å². The molecule has 23 heavy (non-hydrogen) atoms. The van der Waals surface area contributed by atoms with Gasteiger partial charge in [-0.25, -0.2) is 9.97 Å². The molecule has 2 aromatic rings. The molecule has 0 bridgehead atoms. The molecule has 0 unspecified atom stereocenters. The van der Waals surface area contributed by atoms with Gasteiger partial charge in [0.1, 0.15) is 23.9 Å². The maximum Gasteiger partial charge on any atom is 0.287 e. The van der Waals surface area contributed by atoms with Gasteiger partial charge in [0.2, 0.25) is 0 Å². The van der Waals surface area contributed by atoms with E-state index in [1.807, 2.05) is 12.1 Å². The lowest BCUT2D eigenvalue weighted by Gasteiger charge is -2.18. The SMILES string of the molecule is N#Cc1ccc(N2CC[C@H](Nc3ccc([N+](=O)[O-])cn3)C2)nc1. The van der Waals surface area contributed by atoms with E-state index in [-0.39, 0.29) is 11.7 Å². The van der Waals surface area contributed by atoms with Gasteiger partial charge in [0, 0.05) is 31.4 Å². The van der Waals surface area contributed by atoms with Crippen molar-refractivity contribution in [3.05, 3.63) is 52.3 Å². The Morgan fingerprint density at radius 1 is 1.30 bits per heavy atom. The molecule has 0 aromatic carbocycles. The van der Waals surface area contributed by atoms with Crippen LogP contribution in [0.5, 0.6) is 0 Å². The van der Waals surface area contributed by atoms with E-state index in [0.717, 1.165) is 25.3 Å². The van der Waals surface area contributed by atoms with Gasteiger partial charge in [0.25, 0.3) is 5.69 Å². The first-order valence-electron chi connectivity index (χ1n) is 7.14. The van der Waals surface area contributed by atoms with Gasteiger partial charge in [-0.3, -0.25) is 10.1 Å². The van der Waals surface area contributed by atoms with Crippen molar-refractivity contribution in [1.82, 2.24) is 9.97 Å². The van der Waals surface area contributed by atoms with Crippen molar-refractivity contribution >= 4 is 17.3 Å². The Labute approximate surface area is 132 Å². The molecule has 0 spiro atoms. The fourth-order valence-electron chi connectivity index (χ4n) is 2.51. The summed E-state index contributed by atoms with van der Waals surface area (Å²) in [6.07, 6.45) is 3.73. The van der Waals surface area contributed by atoms with Crippen molar-refractivity contribution in [2.45, 2.75) is 12.5 Å². The number of pyridine rings is 2. The lowest BCUT2D eigenvalue weighted by atomic mass is 10.2. The highest BCUT2D eigenvalue weighted by atomic mass is 16.6. The molecular weight excluding hydrogens is 296 g/mol. The van der Waals surface area contributed by atoms with Gasteiger partial charge in [0.15, 0.2) is 0 Å². The van der Waals surface area contributed by atoms with E-state index in [1.165, 1.54) is 12.3 Å². The molecular formula is C15H14N6O2. The topological polar surface area (TPSA) is 108 Å². The molecule has 0 amide bonds. The van der Waals surface area contributed by atoms with Crippen LogP contribution < -0.4 is 10.2 Å². The molecule has 8 nitrogen and oxygen atoms in total. The zero-order valence-electron chi connectivity index (χ0n) is 12.2. The molecule has 0 aliphatic carbocycles. The first-order chi connectivity index (χ1) is 11.2. The Balaban J connectivity index is 1.61. The second-order valence-electron chi connectivity index (χ2n) is 5.25. The second-order valence-corrected chi connectivity index (χ2v) is 5.25. The van der Waals surface area contributed by atoms with Crippen molar-refractivity contribution in [2.24, 2.45) is 0 Å². The maximum absolute atomic E-state index is 10.6. The van der Waals surface area contributed by atoms with Crippen LogP contribution in [-0.4, -0.2) is 34.0 Å². The van der Waals surface area contributed by atoms with Crippen LogP contribution in [0.15, 0.2) is 36.7 Å². The monoisotopic (exact) mass is 310 g/mol. The molecule has 8 heteroatoms. The predicted molar refractivity (Wildman–Crippen MR) is 84.1 cm³/mol. The average molecular weight is 310 g/mol. The summed E-state index contributed by atoms with van der Waals surface area (Å²) in [5.74, 6) is 1.46. The summed E-state index contributed by atoms with van der Waals surface area (Å²) in [6.45, 7) is 1.61. The van der Waals surface area contributed by atoms with Crippen LogP contribution >= 0.6 is 0 Å². The van der Waals surface area contributed by atoms with E-state index in [9.17, 15) is 10.1 Å². The summed E-state index contributed by atoms with van der Waals surface area (Å²) >= 11 is 0. The third-order valence-electron chi connectivity index (χ3n) is 3.70. The fourth-order valence-corrected chi connectivity index (χ4v) is 2.51. The van der Waals surface area contributed by atoms with Gasteiger partial charge in [-0.05, 0) is 24.6 Å². The van der Waals surface area contributed by atoms with E-state index >= 15 is 0 Å². The first kappa shape index (κ1) is 14.7. The minimum atomic E-state index is -0.468. The van der Waals surface area contributed by atoms with Gasteiger partial charge in [-0.2, -0.15) is 5.26 Å². The molecule has 2 aromatic heterocycles. The van der Waals surface area contributed by atoms with Crippen molar-refractivity contribution < 1.29 is 4.92 Å². The summed E-state index contributed by atoms with van der Waals surface area (Å²) in [6, 6.07) is 8.88. The zero-order valence-corrected chi connectivity index (χ0v) is 12.2. The summed E-state index contributed by atoms with van der Waals surface area (Å²) in [5, 5.41) is 22.7. The Morgan fingerprint density at radius 2 is 2.17 bits per heavy atom. The molecule has 1 aliphatic rings. The molecule has 1 saturated heterocycles. The first-order valence-corrected chi connectivity index (χ1v) is 7.14. The third kappa shape index (κ3) is 3.35.